The van der Waals surface area contributed by atoms with E-state index in [0.717, 1.165) is 29.4 Å². The summed E-state index contributed by atoms with van der Waals surface area (Å²) in [7, 11) is 0. The van der Waals surface area contributed by atoms with Gasteiger partial charge in [-0.1, -0.05) is 38.1 Å². The van der Waals surface area contributed by atoms with Crippen molar-refractivity contribution in [1.29, 1.82) is 0 Å². The van der Waals surface area contributed by atoms with Crippen molar-refractivity contribution in [2.45, 2.75) is 44.8 Å². The van der Waals surface area contributed by atoms with Gasteiger partial charge in [0.05, 0.1) is 11.4 Å². The maximum Gasteiger partial charge on any atom is 0.425 e. The predicted octanol–water partition coefficient (Wildman–Crippen LogP) is 4.83. The summed E-state index contributed by atoms with van der Waals surface area (Å²) in [5.74, 6) is 0.397. The highest BCUT2D eigenvalue weighted by Crippen LogP contribution is 2.38. The normalized spacial score (nSPS) is 17.6. The number of thiophene rings is 1. The molecular formula is C20H23F3N2OS. The molecule has 2 aromatic rings. The van der Waals surface area contributed by atoms with Crippen molar-refractivity contribution in [3.05, 3.63) is 52.4 Å². The van der Waals surface area contributed by atoms with Gasteiger partial charge in [-0.3, -0.25) is 4.79 Å². The predicted molar refractivity (Wildman–Crippen MR) is 102 cm³/mol. The van der Waals surface area contributed by atoms with Crippen LogP contribution in [0, 0.1) is 0 Å². The Morgan fingerprint density at radius 3 is 2.52 bits per heavy atom. The Balaban J connectivity index is 1.52. The Morgan fingerprint density at radius 2 is 1.93 bits per heavy atom. The summed E-state index contributed by atoms with van der Waals surface area (Å²) >= 11 is 0.752. The van der Waals surface area contributed by atoms with Gasteiger partial charge < -0.3 is 10.2 Å². The van der Waals surface area contributed by atoms with E-state index in [4.69, 9.17) is 0 Å². The van der Waals surface area contributed by atoms with Gasteiger partial charge in [-0.2, -0.15) is 13.2 Å². The number of carbonyl (C=O) groups is 1. The van der Waals surface area contributed by atoms with E-state index in [1.54, 1.807) is 0 Å². The van der Waals surface area contributed by atoms with E-state index in [-0.39, 0.29) is 11.9 Å². The van der Waals surface area contributed by atoms with Crippen LogP contribution >= 0.6 is 11.3 Å². The average Bonchev–Trinajstić information content (AvgIpc) is 3.23. The van der Waals surface area contributed by atoms with E-state index >= 15 is 0 Å². The first-order chi connectivity index (χ1) is 12.7. The first kappa shape index (κ1) is 19.7. The fourth-order valence-corrected chi connectivity index (χ4v) is 4.12. The van der Waals surface area contributed by atoms with Crippen LogP contribution in [0.2, 0.25) is 0 Å². The second kappa shape index (κ2) is 7.92. The number of amides is 1. The second-order valence-corrected chi connectivity index (χ2v) is 8.27. The molecule has 1 aromatic carbocycles. The molecule has 1 aromatic heterocycles. The van der Waals surface area contributed by atoms with Crippen molar-refractivity contribution in [1.82, 2.24) is 5.32 Å². The number of halogens is 3. The van der Waals surface area contributed by atoms with Gasteiger partial charge in [0.1, 0.15) is 4.88 Å². The molecule has 27 heavy (non-hydrogen) atoms. The van der Waals surface area contributed by atoms with Gasteiger partial charge in [-0.05, 0) is 35.6 Å². The van der Waals surface area contributed by atoms with Gasteiger partial charge in [-0.25, -0.2) is 0 Å². The van der Waals surface area contributed by atoms with Gasteiger partial charge in [0, 0.05) is 19.1 Å². The van der Waals surface area contributed by atoms with Gasteiger partial charge in [0.2, 0.25) is 5.91 Å². The molecule has 1 fully saturated rings. The van der Waals surface area contributed by atoms with Crippen LogP contribution in [0.4, 0.5) is 18.2 Å². The maximum absolute atomic E-state index is 12.7. The summed E-state index contributed by atoms with van der Waals surface area (Å²) in [6.45, 7) is 5.43. The zero-order valence-electron chi connectivity index (χ0n) is 15.3. The number of alkyl halides is 3. The summed E-state index contributed by atoms with van der Waals surface area (Å²) in [4.78, 5) is 13.6. The Kier molecular flexibility index (Phi) is 5.79. The van der Waals surface area contributed by atoms with Gasteiger partial charge in [-0.15, -0.1) is 11.3 Å². The van der Waals surface area contributed by atoms with Gasteiger partial charge in [0.25, 0.3) is 0 Å². The Labute approximate surface area is 161 Å². The molecule has 1 atom stereocenters. The summed E-state index contributed by atoms with van der Waals surface area (Å²) < 4.78 is 38.2. The monoisotopic (exact) mass is 396 g/mol. The van der Waals surface area contributed by atoms with E-state index in [1.165, 1.54) is 11.6 Å². The van der Waals surface area contributed by atoms with E-state index < -0.39 is 11.1 Å². The molecule has 3 rings (SSSR count). The summed E-state index contributed by atoms with van der Waals surface area (Å²) in [5, 5.41) is 3.60. The first-order valence-corrected chi connectivity index (χ1v) is 9.84. The average molecular weight is 396 g/mol. The quantitative estimate of drug-likeness (QED) is 0.785. The number of carbonyl (C=O) groups excluding carboxylic acids is 1. The van der Waals surface area contributed by atoms with E-state index in [0.29, 0.717) is 30.4 Å². The van der Waals surface area contributed by atoms with Crippen molar-refractivity contribution in [3.63, 3.8) is 0 Å². The molecule has 0 bridgehead atoms. The first-order valence-electron chi connectivity index (χ1n) is 9.02. The minimum Gasteiger partial charge on any atom is -0.361 e. The van der Waals surface area contributed by atoms with Crippen LogP contribution in [-0.4, -0.2) is 25.0 Å². The molecule has 0 spiro atoms. The van der Waals surface area contributed by atoms with Crippen molar-refractivity contribution in [2.75, 3.05) is 18.0 Å². The number of hydrogen-bond donors (Lipinski definition) is 1. The van der Waals surface area contributed by atoms with Crippen LogP contribution in [0.1, 0.15) is 42.2 Å². The lowest BCUT2D eigenvalue weighted by Crippen LogP contribution is -2.37. The zero-order valence-corrected chi connectivity index (χ0v) is 16.2. The molecule has 1 aliphatic rings. The fourth-order valence-electron chi connectivity index (χ4n) is 3.21. The van der Waals surface area contributed by atoms with Gasteiger partial charge in [0.15, 0.2) is 0 Å². The number of anilines is 1. The standard InChI is InChI=1S/C20H23F3N2OS/c1-13(2)15-5-3-14(4-6-15)11-18(26)24-16-9-10-25(12-16)19-8-7-17(27-19)20(21,22)23/h3-8,13,16H,9-12H2,1-2H3,(H,24,26). The smallest absolute Gasteiger partial charge is 0.361 e. The molecule has 7 heteroatoms. The highest BCUT2D eigenvalue weighted by Gasteiger charge is 2.34. The lowest BCUT2D eigenvalue weighted by molar-refractivity contribution is -0.134. The molecule has 1 aliphatic heterocycles. The minimum absolute atomic E-state index is 0.0381. The van der Waals surface area contributed by atoms with E-state index in [2.05, 4.69) is 19.2 Å². The molecule has 2 heterocycles. The molecule has 146 valence electrons. The molecular weight excluding hydrogens is 373 g/mol. The third-order valence-electron chi connectivity index (χ3n) is 4.75. The van der Waals surface area contributed by atoms with Crippen LogP contribution in [-0.2, 0) is 17.4 Å². The summed E-state index contributed by atoms with van der Waals surface area (Å²) in [6.07, 6.45) is -3.26. The number of hydrogen-bond acceptors (Lipinski definition) is 3. The van der Waals surface area contributed by atoms with Crippen LogP contribution in [0.3, 0.4) is 0 Å². The van der Waals surface area contributed by atoms with E-state index in [1.807, 2.05) is 29.2 Å². The number of nitrogens with zero attached hydrogens (tertiary/aromatic N) is 1. The largest absolute Gasteiger partial charge is 0.425 e. The zero-order chi connectivity index (χ0) is 19.6. The summed E-state index contributed by atoms with van der Waals surface area (Å²) in [5.41, 5.74) is 2.19. The highest BCUT2D eigenvalue weighted by atomic mass is 32.1. The van der Waals surface area contributed by atoms with Crippen molar-refractivity contribution in [3.8, 4) is 0 Å². The molecule has 0 saturated carbocycles. The second-order valence-electron chi connectivity index (χ2n) is 7.21. The lowest BCUT2D eigenvalue weighted by Gasteiger charge is -2.17. The molecule has 1 unspecified atom stereocenters. The Hall–Kier alpha value is -2.02. The Bertz CT molecular complexity index is 783. The van der Waals surface area contributed by atoms with Gasteiger partial charge >= 0.3 is 6.18 Å². The molecule has 0 radical (unpaired) electrons. The van der Waals surface area contributed by atoms with Crippen LogP contribution in [0.15, 0.2) is 36.4 Å². The topological polar surface area (TPSA) is 32.3 Å². The number of rotatable bonds is 5. The van der Waals surface area contributed by atoms with Crippen LogP contribution in [0.25, 0.3) is 0 Å². The maximum atomic E-state index is 12.7. The van der Waals surface area contributed by atoms with Crippen molar-refractivity contribution >= 4 is 22.2 Å². The minimum atomic E-state index is -4.30. The third kappa shape index (κ3) is 5.03. The molecule has 3 nitrogen and oxygen atoms in total. The SMILES string of the molecule is CC(C)c1ccc(CC(=O)NC2CCN(c3ccc(C(F)(F)F)s3)C2)cc1. The number of benzene rings is 1. The van der Waals surface area contributed by atoms with Crippen molar-refractivity contribution < 1.29 is 18.0 Å². The fraction of sp³-hybridized carbons (Fsp3) is 0.450. The molecule has 1 saturated heterocycles. The Morgan fingerprint density at radius 1 is 1.22 bits per heavy atom. The number of nitrogens with one attached hydrogen (secondary N) is 1. The molecule has 1 N–H and O–H groups in total. The molecule has 0 aliphatic carbocycles. The molecule has 1 amide bonds. The lowest BCUT2D eigenvalue weighted by atomic mass is 10.0. The summed E-state index contributed by atoms with van der Waals surface area (Å²) in [6, 6.07) is 10.6. The van der Waals surface area contributed by atoms with Crippen LogP contribution in [0.5, 0.6) is 0 Å². The van der Waals surface area contributed by atoms with Crippen molar-refractivity contribution in [2.24, 2.45) is 0 Å². The highest BCUT2D eigenvalue weighted by molar-refractivity contribution is 7.16. The van der Waals surface area contributed by atoms with E-state index in [9.17, 15) is 18.0 Å². The third-order valence-corrected chi connectivity index (χ3v) is 5.94. The van der Waals surface area contributed by atoms with Crippen LogP contribution < -0.4 is 10.2 Å².